The maximum Gasteiger partial charge on any atom is 0.373 e. The fourth-order valence-corrected chi connectivity index (χ4v) is 1.37. The van der Waals surface area contributed by atoms with Crippen molar-refractivity contribution in [3.63, 3.8) is 0 Å². The lowest BCUT2D eigenvalue weighted by Crippen LogP contribution is -2.27. The van der Waals surface area contributed by atoms with Crippen LogP contribution in [-0.2, 0) is 14.5 Å². The number of ether oxygens (including phenoxy) is 1. The Morgan fingerprint density at radius 2 is 1.89 bits per heavy atom. The van der Waals surface area contributed by atoms with Crippen LogP contribution in [0.5, 0.6) is 0 Å². The third-order valence-electron chi connectivity index (χ3n) is 2.40. The van der Waals surface area contributed by atoms with Gasteiger partial charge in [-0.15, -0.1) is 0 Å². The van der Waals surface area contributed by atoms with E-state index in [1.165, 1.54) is 0 Å². The SMILES string of the molecule is Cc1ccccc1C(=O)OOC(C)COC(C)(C)C. The van der Waals surface area contributed by atoms with Crippen molar-refractivity contribution >= 4 is 5.97 Å². The van der Waals surface area contributed by atoms with Crippen LogP contribution in [0.15, 0.2) is 24.3 Å². The Balaban J connectivity index is 2.41. The van der Waals surface area contributed by atoms with Gasteiger partial charge < -0.3 is 4.74 Å². The molecule has 1 atom stereocenters. The van der Waals surface area contributed by atoms with Crippen LogP contribution in [-0.4, -0.2) is 24.3 Å². The number of carbonyl (C=O) groups excluding carboxylic acids is 1. The standard InChI is InChI=1S/C15H22O4/c1-11-8-6-7-9-13(11)14(16)19-18-12(2)10-17-15(3,4)5/h6-9,12H,10H2,1-5H3. The third kappa shape index (κ3) is 5.85. The Morgan fingerprint density at radius 3 is 2.47 bits per heavy atom. The first kappa shape index (κ1) is 15.7. The summed E-state index contributed by atoms with van der Waals surface area (Å²) in [5.74, 6) is -0.485. The molecule has 0 aromatic heterocycles. The second-order valence-electron chi connectivity index (χ2n) is 5.52. The number of carbonyl (C=O) groups is 1. The maximum absolute atomic E-state index is 11.8. The zero-order valence-electron chi connectivity index (χ0n) is 12.2. The van der Waals surface area contributed by atoms with E-state index >= 15 is 0 Å². The molecule has 19 heavy (non-hydrogen) atoms. The second-order valence-corrected chi connectivity index (χ2v) is 5.52. The molecular formula is C15H22O4. The monoisotopic (exact) mass is 266 g/mol. The van der Waals surface area contributed by atoms with Crippen molar-refractivity contribution in [2.45, 2.75) is 46.3 Å². The van der Waals surface area contributed by atoms with Crippen LogP contribution < -0.4 is 0 Å². The lowest BCUT2D eigenvalue weighted by atomic mass is 10.1. The Hall–Kier alpha value is -1.39. The summed E-state index contributed by atoms with van der Waals surface area (Å²) in [4.78, 5) is 21.6. The molecule has 0 aliphatic rings. The fourth-order valence-electron chi connectivity index (χ4n) is 1.37. The van der Waals surface area contributed by atoms with Crippen molar-refractivity contribution in [1.82, 2.24) is 0 Å². The average molecular weight is 266 g/mol. The molecule has 0 aliphatic carbocycles. The molecular weight excluding hydrogens is 244 g/mol. The first-order valence-corrected chi connectivity index (χ1v) is 6.37. The number of benzene rings is 1. The van der Waals surface area contributed by atoms with Crippen LogP contribution in [0, 0.1) is 6.92 Å². The van der Waals surface area contributed by atoms with E-state index < -0.39 is 5.97 Å². The zero-order chi connectivity index (χ0) is 14.5. The first-order chi connectivity index (χ1) is 8.79. The van der Waals surface area contributed by atoms with Crippen LogP contribution in [0.1, 0.15) is 43.6 Å². The van der Waals surface area contributed by atoms with Gasteiger partial charge in [-0.25, -0.2) is 4.79 Å². The largest absolute Gasteiger partial charge is 0.373 e. The van der Waals surface area contributed by atoms with E-state index in [4.69, 9.17) is 14.5 Å². The van der Waals surface area contributed by atoms with Gasteiger partial charge in [0.05, 0.1) is 17.8 Å². The van der Waals surface area contributed by atoms with Crippen LogP contribution >= 0.6 is 0 Å². The van der Waals surface area contributed by atoms with Gasteiger partial charge in [-0.2, -0.15) is 4.89 Å². The summed E-state index contributed by atoms with van der Waals surface area (Å²) in [6.45, 7) is 9.88. The highest BCUT2D eigenvalue weighted by molar-refractivity contribution is 5.90. The zero-order valence-corrected chi connectivity index (χ0v) is 12.2. The smallest absolute Gasteiger partial charge is 0.373 e. The van der Waals surface area contributed by atoms with E-state index in [1.807, 2.05) is 39.8 Å². The van der Waals surface area contributed by atoms with Gasteiger partial charge in [0.25, 0.3) is 0 Å². The van der Waals surface area contributed by atoms with E-state index in [-0.39, 0.29) is 11.7 Å². The molecule has 106 valence electrons. The normalized spacial score (nSPS) is 13.1. The van der Waals surface area contributed by atoms with E-state index in [0.717, 1.165) is 5.56 Å². The lowest BCUT2D eigenvalue weighted by Gasteiger charge is -2.21. The van der Waals surface area contributed by atoms with Crippen molar-refractivity contribution in [1.29, 1.82) is 0 Å². The summed E-state index contributed by atoms with van der Waals surface area (Å²) < 4.78 is 5.54. The number of aryl methyl sites for hydroxylation is 1. The topological polar surface area (TPSA) is 44.8 Å². The van der Waals surface area contributed by atoms with Crippen LogP contribution in [0.4, 0.5) is 0 Å². The maximum atomic E-state index is 11.8. The Morgan fingerprint density at radius 1 is 1.26 bits per heavy atom. The molecule has 0 amide bonds. The molecule has 1 rings (SSSR count). The van der Waals surface area contributed by atoms with Crippen LogP contribution in [0.3, 0.4) is 0 Å². The molecule has 0 spiro atoms. The van der Waals surface area contributed by atoms with Gasteiger partial charge in [-0.05, 0) is 46.2 Å². The lowest BCUT2D eigenvalue weighted by molar-refractivity contribution is -0.282. The highest BCUT2D eigenvalue weighted by Gasteiger charge is 2.16. The molecule has 1 aromatic carbocycles. The minimum atomic E-state index is -0.485. The van der Waals surface area contributed by atoms with Gasteiger partial charge in [0, 0.05) is 0 Å². The third-order valence-corrected chi connectivity index (χ3v) is 2.40. The number of hydrogen-bond donors (Lipinski definition) is 0. The highest BCUT2D eigenvalue weighted by atomic mass is 17.2. The van der Waals surface area contributed by atoms with Gasteiger partial charge in [0.1, 0.15) is 6.10 Å². The molecule has 0 bridgehead atoms. The van der Waals surface area contributed by atoms with Crippen molar-refractivity contribution in [3.05, 3.63) is 35.4 Å². The van der Waals surface area contributed by atoms with Gasteiger partial charge >= 0.3 is 5.97 Å². The number of hydrogen-bond acceptors (Lipinski definition) is 4. The fraction of sp³-hybridized carbons (Fsp3) is 0.533. The van der Waals surface area contributed by atoms with Gasteiger partial charge in [0.2, 0.25) is 0 Å². The van der Waals surface area contributed by atoms with Crippen molar-refractivity contribution in [3.8, 4) is 0 Å². The van der Waals surface area contributed by atoms with Crippen molar-refractivity contribution in [2.24, 2.45) is 0 Å². The number of rotatable bonds is 5. The Kier molecular flexibility index (Phi) is 5.51. The van der Waals surface area contributed by atoms with E-state index in [2.05, 4.69) is 0 Å². The van der Waals surface area contributed by atoms with E-state index in [1.54, 1.807) is 19.1 Å². The molecule has 0 N–H and O–H groups in total. The predicted octanol–water partition coefficient (Wildman–Crippen LogP) is 3.29. The summed E-state index contributed by atoms with van der Waals surface area (Å²) in [5, 5.41) is 0. The molecule has 0 saturated heterocycles. The summed E-state index contributed by atoms with van der Waals surface area (Å²) >= 11 is 0. The predicted molar refractivity (Wildman–Crippen MR) is 72.8 cm³/mol. The minimum Gasteiger partial charge on any atom is -0.373 e. The molecule has 4 nitrogen and oxygen atoms in total. The quantitative estimate of drug-likeness (QED) is 0.606. The molecule has 1 unspecified atom stereocenters. The molecule has 0 aliphatic heterocycles. The second kappa shape index (κ2) is 6.68. The minimum absolute atomic E-state index is 0.238. The summed E-state index contributed by atoms with van der Waals surface area (Å²) in [5.41, 5.74) is 1.12. The highest BCUT2D eigenvalue weighted by Crippen LogP contribution is 2.11. The van der Waals surface area contributed by atoms with E-state index in [0.29, 0.717) is 12.2 Å². The van der Waals surface area contributed by atoms with Gasteiger partial charge in [-0.3, -0.25) is 4.89 Å². The summed E-state index contributed by atoms with van der Waals surface area (Å²) in [7, 11) is 0. The van der Waals surface area contributed by atoms with Gasteiger partial charge in [0.15, 0.2) is 0 Å². The molecule has 0 radical (unpaired) electrons. The van der Waals surface area contributed by atoms with E-state index in [9.17, 15) is 4.79 Å². The average Bonchev–Trinajstić information content (AvgIpc) is 2.33. The van der Waals surface area contributed by atoms with Gasteiger partial charge in [-0.1, -0.05) is 18.2 Å². The molecule has 0 saturated carbocycles. The molecule has 0 fully saturated rings. The van der Waals surface area contributed by atoms with Crippen molar-refractivity contribution < 1.29 is 19.3 Å². The molecule has 4 heteroatoms. The van der Waals surface area contributed by atoms with Crippen molar-refractivity contribution in [2.75, 3.05) is 6.61 Å². The van der Waals surface area contributed by atoms with Crippen LogP contribution in [0.2, 0.25) is 0 Å². The first-order valence-electron chi connectivity index (χ1n) is 6.37. The summed E-state index contributed by atoms with van der Waals surface area (Å²) in [6.07, 6.45) is -0.313. The molecule has 1 aromatic rings. The Bertz CT molecular complexity index is 420. The molecule has 0 heterocycles. The Labute approximate surface area is 114 Å². The summed E-state index contributed by atoms with van der Waals surface area (Å²) in [6, 6.07) is 7.21. The van der Waals surface area contributed by atoms with Crippen LogP contribution in [0.25, 0.3) is 0 Å².